The fourth-order valence-electron chi connectivity index (χ4n) is 8.89. The van der Waals surface area contributed by atoms with E-state index in [1.807, 2.05) is 0 Å². The Hall–Kier alpha value is -1.59. The number of esters is 3. The number of rotatable bonds is 53. The minimum atomic E-state index is -0.761. The molecule has 0 spiro atoms. The lowest BCUT2D eigenvalue weighted by Crippen LogP contribution is -2.30. The maximum Gasteiger partial charge on any atom is 0.306 e. The number of unbranched alkanes of at least 4 members (excludes halogenated alkanes) is 39. The predicted octanol–water partition coefficient (Wildman–Crippen LogP) is 19.0. The summed E-state index contributed by atoms with van der Waals surface area (Å²) in [7, 11) is 0. The SMILES string of the molecule is CCCCCCCCCCCCCCCCCC(=O)O[C@H](COC(=O)CCCCCCCCCCCCCCC)COC(=O)CCCCCCCCCCCCCCCCC(C)CC. The minimum absolute atomic E-state index is 0.0618. The summed E-state index contributed by atoms with van der Waals surface area (Å²) in [5.41, 5.74) is 0. The van der Waals surface area contributed by atoms with E-state index < -0.39 is 6.10 Å². The molecule has 0 aliphatic heterocycles. The molecule has 0 aliphatic rings. The third-order valence-electron chi connectivity index (χ3n) is 13.7. The highest BCUT2D eigenvalue weighted by molar-refractivity contribution is 5.71. The van der Waals surface area contributed by atoms with Gasteiger partial charge in [0, 0.05) is 19.3 Å². The van der Waals surface area contributed by atoms with Gasteiger partial charge >= 0.3 is 17.9 Å². The first-order valence-corrected chi connectivity index (χ1v) is 28.9. The average Bonchev–Trinajstić information content (AvgIpc) is 3.29. The zero-order valence-corrected chi connectivity index (χ0v) is 43.8. The summed E-state index contributed by atoms with van der Waals surface area (Å²) < 4.78 is 16.9. The number of hydrogen-bond acceptors (Lipinski definition) is 6. The molecule has 0 aromatic rings. The number of hydrogen-bond donors (Lipinski definition) is 0. The summed E-state index contributed by atoms with van der Waals surface area (Å²) >= 11 is 0. The quantitative estimate of drug-likeness (QED) is 0.0344. The lowest BCUT2D eigenvalue weighted by molar-refractivity contribution is -0.167. The molecule has 0 N–H and O–H groups in total. The predicted molar refractivity (Wildman–Crippen MR) is 275 cm³/mol. The van der Waals surface area contributed by atoms with Gasteiger partial charge in [-0.25, -0.2) is 0 Å². The van der Waals surface area contributed by atoms with Gasteiger partial charge in [-0.3, -0.25) is 14.4 Å². The van der Waals surface area contributed by atoms with E-state index in [4.69, 9.17) is 14.2 Å². The third kappa shape index (κ3) is 49.8. The molecular formula is C58H112O6. The molecule has 64 heavy (non-hydrogen) atoms. The molecule has 0 radical (unpaired) electrons. The van der Waals surface area contributed by atoms with Crippen LogP contribution in [-0.4, -0.2) is 37.2 Å². The van der Waals surface area contributed by atoms with Crippen LogP contribution in [0.15, 0.2) is 0 Å². The monoisotopic (exact) mass is 905 g/mol. The second-order valence-electron chi connectivity index (χ2n) is 20.2. The molecule has 2 atom stereocenters. The fourth-order valence-corrected chi connectivity index (χ4v) is 8.89. The summed E-state index contributed by atoms with van der Waals surface area (Å²) in [6.07, 6.45) is 56.5. The van der Waals surface area contributed by atoms with Gasteiger partial charge in [0.25, 0.3) is 0 Å². The molecule has 0 heterocycles. The largest absolute Gasteiger partial charge is 0.462 e. The highest BCUT2D eigenvalue weighted by Gasteiger charge is 2.19. The molecule has 0 fully saturated rings. The first-order chi connectivity index (χ1) is 31.4. The molecule has 6 heteroatoms. The molecule has 0 aromatic carbocycles. The van der Waals surface area contributed by atoms with Crippen LogP contribution in [0.3, 0.4) is 0 Å². The van der Waals surface area contributed by atoms with E-state index in [0.717, 1.165) is 63.7 Å². The molecular weight excluding hydrogens is 793 g/mol. The van der Waals surface area contributed by atoms with Crippen molar-refractivity contribution in [1.29, 1.82) is 0 Å². The van der Waals surface area contributed by atoms with E-state index in [1.165, 1.54) is 225 Å². The molecule has 1 unspecified atom stereocenters. The van der Waals surface area contributed by atoms with Gasteiger partial charge in [-0.1, -0.05) is 291 Å². The second kappa shape index (κ2) is 52.4. The molecule has 380 valence electrons. The van der Waals surface area contributed by atoms with E-state index in [2.05, 4.69) is 27.7 Å². The molecule has 0 saturated heterocycles. The molecule has 0 rings (SSSR count). The van der Waals surface area contributed by atoms with Gasteiger partial charge in [-0.05, 0) is 25.2 Å². The molecule has 0 aromatic heterocycles. The molecule has 6 nitrogen and oxygen atoms in total. The minimum Gasteiger partial charge on any atom is -0.462 e. The van der Waals surface area contributed by atoms with Crippen molar-refractivity contribution in [1.82, 2.24) is 0 Å². The normalized spacial score (nSPS) is 12.4. The van der Waals surface area contributed by atoms with E-state index in [9.17, 15) is 14.4 Å². The first kappa shape index (κ1) is 62.4. The lowest BCUT2D eigenvalue weighted by atomic mass is 9.99. The zero-order chi connectivity index (χ0) is 46.7. The highest BCUT2D eigenvalue weighted by atomic mass is 16.6. The summed E-state index contributed by atoms with van der Waals surface area (Å²) in [5.74, 6) is 0.0608. The van der Waals surface area contributed by atoms with Crippen molar-refractivity contribution in [3.63, 3.8) is 0 Å². The standard InChI is InChI=1S/C58H112O6/c1-5-8-10-12-14-16-18-20-21-27-31-35-39-43-47-51-58(61)64-55(52-62-56(59)49-45-41-37-33-29-24-19-17-15-13-11-9-6-2)53-63-57(60)50-46-42-38-34-30-26-23-22-25-28-32-36-40-44-48-54(4)7-3/h54-55H,5-53H2,1-4H3/t54?,55-/m1/s1. The summed E-state index contributed by atoms with van der Waals surface area (Å²) in [6.45, 7) is 9.10. The van der Waals surface area contributed by atoms with Gasteiger partial charge in [0.05, 0.1) is 0 Å². The van der Waals surface area contributed by atoms with Gasteiger partial charge in [0.2, 0.25) is 0 Å². The van der Waals surface area contributed by atoms with Gasteiger partial charge in [-0.2, -0.15) is 0 Å². The van der Waals surface area contributed by atoms with Crippen LogP contribution in [0.2, 0.25) is 0 Å². The maximum atomic E-state index is 12.8. The van der Waals surface area contributed by atoms with Crippen LogP contribution in [0.25, 0.3) is 0 Å². The van der Waals surface area contributed by atoms with Crippen molar-refractivity contribution in [3.05, 3.63) is 0 Å². The molecule has 0 bridgehead atoms. The molecule has 0 saturated carbocycles. The Morgan fingerprint density at radius 3 is 0.812 bits per heavy atom. The van der Waals surface area contributed by atoms with Crippen molar-refractivity contribution < 1.29 is 28.6 Å². The smallest absolute Gasteiger partial charge is 0.306 e. The number of carbonyl (C=O) groups is 3. The van der Waals surface area contributed by atoms with Crippen LogP contribution in [0.1, 0.15) is 329 Å². The van der Waals surface area contributed by atoms with Crippen LogP contribution in [0, 0.1) is 5.92 Å². The van der Waals surface area contributed by atoms with Gasteiger partial charge < -0.3 is 14.2 Å². The Bertz CT molecular complexity index is 966. The van der Waals surface area contributed by atoms with Crippen LogP contribution < -0.4 is 0 Å². The Labute approximate surface area is 399 Å². The fraction of sp³-hybridized carbons (Fsp3) is 0.948. The first-order valence-electron chi connectivity index (χ1n) is 28.9. The molecule has 0 aliphatic carbocycles. The van der Waals surface area contributed by atoms with Crippen molar-refractivity contribution in [2.45, 2.75) is 336 Å². The van der Waals surface area contributed by atoms with E-state index in [-0.39, 0.29) is 31.1 Å². The highest BCUT2D eigenvalue weighted by Crippen LogP contribution is 2.18. The zero-order valence-electron chi connectivity index (χ0n) is 43.8. The Kier molecular flexibility index (Phi) is 51.1. The van der Waals surface area contributed by atoms with Crippen LogP contribution >= 0.6 is 0 Å². The van der Waals surface area contributed by atoms with Gasteiger partial charge in [0.15, 0.2) is 6.10 Å². The van der Waals surface area contributed by atoms with E-state index in [1.54, 1.807) is 0 Å². The van der Waals surface area contributed by atoms with E-state index >= 15 is 0 Å². The van der Waals surface area contributed by atoms with Gasteiger partial charge in [-0.15, -0.1) is 0 Å². The van der Waals surface area contributed by atoms with Crippen LogP contribution in [0.5, 0.6) is 0 Å². The number of carbonyl (C=O) groups excluding carboxylic acids is 3. The van der Waals surface area contributed by atoms with E-state index in [0.29, 0.717) is 19.3 Å². The third-order valence-corrected chi connectivity index (χ3v) is 13.7. The topological polar surface area (TPSA) is 78.9 Å². The van der Waals surface area contributed by atoms with Crippen molar-refractivity contribution in [2.24, 2.45) is 5.92 Å². The Morgan fingerprint density at radius 2 is 0.547 bits per heavy atom. The van der Waals surface area contributed by atoms with Gasteiger partial charge in [0.1, 0.15) is 13.2 Å². The summed E-state index contributed by atoms with van der Waals surface area (Å²) in [6, 6.07) is 0. The second-order valence-corrected chi connectivity index (χ2v) is 20.2. The van der Waals surface area contributed by atoms with Crippen LogP contribution in [-0.2, 0) is 28.6 Å². The maximum absolute atomic E-state index is 12.8. The number of ether oxygens (including phenoxy) is 3. The lowest BCUT2D eigenvalue weighted by Gasteiger charge is -2.18. The van der Waals surface area contributed by atoms with Crippen LogP contribution in [0.4, 0.5) is 0 Å². The van der Waals surface area contributed by atoms with Crippen molar-refractivity contribution in [2.75, 3.05) is 13.2 Å². The summed E-state index contributed by atoms with van der Waals surface area (Å²) in [5, 5.41) is 0. The van der Waals surface area contributed by atoms with Crippen molar-refractivity contribution in [3.8, 4) is 0 Å². The summed E-state index contributed by atoms with van der Waals surface area (Å²) in [4.78, 5) is 38.1. The molecule has 0 amide bonds. The average molecular weight is 906 g/mol. The Balaban J connectivity index is 4.28. The Morgan fingerprint density at radius 1 is 0.312 bits per heavy atom. The van der Waals surface area contributed by atoms with Crippen molar-refractivity contribution >= 4 is 17.9 Å².